The molecule has 1 aliphatic carbocycles. The first-order valence-electron chi connectivity index (χ1n) is 10.1. The molecule has 0 aromatic carbocycles. The van der Waals surface area contributed by atoms with Gasteiger partial charge in [-0.1, -0.05) is 0 Å². The second-order valence-corrected chi connectivity index (χ2v) is 7.91. The minimum atomic E-state index is 0.0491. The average Bonchev–Trinajstić information content (AvgIpc) is 3.15. The second-order valence-electron chi connectivity index (χ2n) is 7.91. The summed E-state index contributed by atoms with van der Waals surface area (Å²) in [6.45, 7) is 4.50. The SMILES string of the molecule is Cc1nc(N2CCC(Cn3nc4c(cc3=O)CCC4)CC2)c2ccncc2n1. The van der Waals surface area contributed by atoms with Gasteiger partial charge in [-0.15, -0.1) is 0 Å². The van der Waals surface area contributed by atoms with Crippen LogP contribution in [0.1, 0.15) is 36.3 Å². The third kappa shape index (κ3) is 3.15. The van der Waals surface area contributed by atoms with E-state index in [1.54, 1.807) is 23.1 Å². The first-order valence-corrected chi connectivity index (χ1v) is 10.1. The summed E-state index contributed by atoms with van der Waals surface area (Å²) < 4.78 is 1.69. The molecule has 1 fully saturated rings. The van der Waals surface area contributed by atoms with Crippen molar-refractivity contribution in [1.29, 1.82) is 0 Å². The number of hydrogen-bond donors (Lipinski definition) is 0. The Balaban J connectivity index is 1.32. The highest BCUT2D eigenvalue weighted by molar-refractivity contribution is 5.88. The Morgan fingerprint density at radius 2 is 2.04 bits per heavy atom. The summed E-state index contributed by atoms with van der Waals surface area (Å²) in [4.78, 5) is 28.1. The fourth-order valence-corrected chi connectivity index (χ4v) is 4.46. The van der Waals surface area contributed by atoms with Crippen LogP contribution in [0.5, 0.6) is 0 Å². The van der Waals surface area contributed by atoms with Gasteiger partial charge in [-0.3, -0.25) is 9.78 Å². The molecule has 0 radical (unpaired) electrons. The number of piperidine rings is 1. The van der Waals surface area contributed by atoms with Crippen LogP contribution in [0.15, 0.2) is 29.3 Å². The van der Waals surface area contributed by atoms with E-state index in [1.165, 1.54) is 0 Å². The van der Waals surface area contributed by atoms with Gasteiger partial charge in [0.15, 0.2) is 0 Å². The Bertz CT molecular complexity index is 1080. The Morgan fingerprint density at radius 3 is 2.89 bits per heavy atom. The zero-order chi connectivity index (χ0) is 19.1. The van der Waals surface area contributed by atoms with Gasteiger partial charge in [0.25, 0.3) is 5.56 Å². The normalized spacial score (nSPS) is 17.2. The molecule has 0 atom stereocenters. The molecule has 4 heterocycles. The van der Waals surface area contributed by atoms with E-state index in [9.17, 15) is 4.79 Å². The van der Waals surface area contributed by atoms with Crippen molar-refractivity contribution in [1.82, 2.24) is 24.7 Å². The standard InChI is InChI=1S/C21H24N6O/c1-14-23-19-12-22-8-5-17(19)21(24-14)26-9-6-15(7-10-26)13-27-20(28)11-16-3-2-4-18(16)25-27/h5,8,11-12,15H,2-4,6-7,9-10,13H2,1H3. The van der Waals surface area contributed by atoms with E-state index in [1.807, 2.05) is 13.0 Å². The van der Waals surface area contributed by atoms with E-state index in [0.717, 1.165) is 79.0 Å². The Kier molecular flexibility index (Phi) is 4.30. The van der Waals surface area contributed by atoms with Crippen LogP contribution >= 0.6 is 0 Å². The average molecular weight is 376 g/mol. The fourth-order valence-electron chi connectivity index (χ4n) is 4.46. The predicted octanol–water partition coefficient (Wildman–Crippen LogP) is 2.30. The van der Waals surface area contributed by atoms with Crippen molar-refractivity contribution in [3.63, 3.8) is 0 Å². The van der Waals surface area contributed by atoms with Crippen LogP contribution in [0, 0.1) is 12.8 Å². The van der Waals surface area contributed by atoms with Crippen molar-refractivity contribution >= 4 is 16.7 Å². The molecule has 0 N–H and O–H groups in total. The van der Waals surface area contributed by atoms with Crippen molar-refractivity contribution in [3.05, 3.63) is 52.0 Å². The summed E-state index contributed by atoms with van der Waals surface area (Å²) >= 11 is 0. The highest BCUT2D eigenvalue weighted by atomic mass is 16.1. The first kappa shape index (κ1) is 17.3. The first-order chi connectivity index (χ1) is 13.7. The number of nitrogens with zero attached hydrogens (tertiary/aromatic N) is 6. The molecule has 2 aliphatic rings. The van der Waals surface area contributed by atoms with Crippen LogP contribution in [0.4, 0.5) is 5.82 Å². The lowest BCUT2D eigenvalue weighted by Gasteiger charge is -2.33. The molecule has 144 valence electrons. The van der Waals surface area contributed by atoms with E-state index in [4.69, 9.17) is 4.98 Å². The lowest BCUT2D eigenvalue weighted by molar-refractivity contribution is 0.333. The van der Waals surface area contributed by atoms with Gasteiger partial charge in [-0.2, -0.15) is 5.10 Å². The maximum absolute atomic E-state index is 12.4. The van der Waals surface area contributed by atoms with Gasteiger partial charge < -0.3 is 4.90 Å². The number of anilines is 1. The van der Waals surface area contributed by atoms with E-state index in [2.05, 4.69) is 20.0 Å². The van der Waals surface area contributed by atoms with Crippen molar-refractivity contribution in [3.8, 4) is 0 Å². The number of hydrogen-bond acceptors (Lipinski definition) is 6. The van der Waals surface area contributed by atoms with Crippen molar-refractivity contribution < 1.29 is 0 Å². The van der Waals surface area contributed by atoms with Crippen LogP contribution in [0.3, 0.4) is 0 Å². The molecule has 7 nitrogen and oxygen atoms in total. The molecule has 1 aliphatic heterocycles. The zero-order valence-electron chi connectivity index (χ0n) is 16.1. The summed E-state index contributed by atoms with van der Waals surface area (Å²) in [7, 11) is 0. The number of rotatable bonds is 3. The minimum absolute atomic E-state index is 0.0491. The largest absolute Gasteiger partial charge is 0.356 e. The van der Waals surface area contributed by atoms with Crippen LogP contribution in [-0.2, 0) is 19.4 Å². The van der Waals surface area contributed by atoms with Crippen molar-refractivity contribution in [2.75, 3.05) is 18.0 Å². The second kappa shape index (κ2) is 6.96. The summed E-state index contributed by atoms with van der Waals surface area (Å²) in [5.74, 6) is 2.24. The Hall–Kier alpha value is -2.83. The molecule has 5 rings (SSSR count). The third-order valence-electron chi connectivity index (χ3n) is 5.96. The van der Waals surface area contributed by atoms with Crippen molar-refractivity contribution in [2.45, 2.75) is 45.6 Å². The van der Waals surface area contributed by atoms with Gasteiger partial charge in [0, 0.05) is 37.3 Å². The molecule has 0 unspecified atom stereocenters. The molecule has 0 saturated carbocycles. The summed E-state index contributed by atoms with van der Waals surface area (Å²) in [6.07, 6.45) is 8.77. The lowest BCUT2D eigenvalue weighted by atomic mass is 9.96. The highest BCUT2D eigenvalue weighted by Crippen LogP contribution is 2.28. The zero-order valence-corrected chi connectivity index (χ0v) is 16.1. The summed E-state index contributed by atoms with van der Waals surface area (Å²) in [5, 5.41) is 5.69. The molecule has 1 saturated heterocycles. The van der Waals surface area contributed by atoms with Crippen molar-refractivity contribution in [2.24, 2.45) is 5.92 Å². The fraction of sp³-hybridized carbons (Fsp3) is 0.476. The van der Waals surface area contributed by atoms with E-state index < -0.39 is 0 Å². The van der Waals surface area contributed by atoms with Crippen LogP contribution in [0.25, 0.3) is 10.9 Å². The smallest absolute Gasteiger partial charge is 0.267 e. The molecule has 0 spiro atoms. The predicted molar refractivity (Wildman–Crippen MR) is 108 cm³/mol. The highest BCUT2D eigenvalue weighted by Gasteiger charge is 2.24. The van der Waals surface area contributed by atoms with Gasteiger partial charge in [-0.25, -0.2) is 14.6 Å². The number of aryl methyl sites for hydroxylation is 3. The van der Waals surface area contributed by atoms with Crippen LogP contribution in [0.2, 0.25) is 0 Å². The molecule has 7 heteroatoms. The number of pyridine rings is 1. The van der Waals surface area contributed by atoms with Crippen LogP contribution in [-0.4, -0.2) is 37.8 Å². The minimum Gasteiger partial charge on any atom is -0.356 e. The number of fused-ring (bicyclic) bond motifs is 2. The van der Waals surface area contributed by atoms with E-state index >= 15 is 0 Å². The van der Waals surface area contributed by atoms with Crippen LogP contribution < -0.4 is 10.5 Å². The summed E-state index contributed by atoms with van der Waals surface area (Å²) in [5.41, 5.74) is 3.21. The van der Waals surface area contributed by atoms with E-state index in [0.29, 0.717) is 12.5 Å². The Morgan fingerprint density at radius 1 is 1.18 bits per heavy atom. The number of aromatic nitrogens is 5. The lowest BCUT2D eigenvalue weighted by Crippen LogP contribution is -2.37. The molecular formula is C21H24N6O. The molecule has 28 heavy (non-hydrogen) atoms. The third-order valence-corrected chi connectivity index (χ3v) is 5.96. The molecule has 3 aromatic rings. The van der Waals surface area contributed by atoms with Gasteiger partial charge in [0.2, 0.25) is 0 Å². The molecule has 0 amide bonds. The van der Waals surface area contributed by atoms with E-state index in [-0.39, 0.29) is 5.56 Å². The van der Waals surface area contributed by atoms with Gasteiger partial charge in [0.1, 0.15) is 11.6 Å². The maximum Gasteiger partial charge on any atom is 0.267 e. The Labute approximate surface area is 163 Å². The van der Waals surface area contributed by atoms with Gasteiger partial charge in [-0.05, 0) is 56.6 Å². The molecule has 3 aromatic heterocycles. The quantitative estimate of drug-likeness (QED) is 0.698. The maximum atomic E-state index is 12.4. The van der Waals surface area contributed by atoms with Gasteiger partial charge >= 0.3 is 0 Å². The monoisotopic (exact) mass is 376 g/mol. The van der Waals surface area contributed by atoms with Gasteiger partial charge in [0.05, 0.1) is 17.4 Å². The molecular weight excluding hydrogens is 352 g/mol. The molecule has 0 bridgehead atoms. The summed E-state index contributed by atoms with van der Waals surface area (Å²) in [6, 6.07) is 3.79. The topological polar surface area (TPSA) is 76.8 Å².